The Morgan fingerprint density at radius 2 is 2.05 bits per heavy atom. The molecule has 114 valence electrons. The van der Waals surface area contributed by atoms with Gasteiger partial charge in [-0.05, 0) is 42.8 Å². The zero-order chi connectivity index (χ0) is 14.8. The molecule has 0 bridgehead atoms. The first-order chi connectivity index (χ1) is 10.2. The van der Waals surface area contributed by atoms with Gasteiger partial charge in [-0.15, -0.1) is 11.3 Å². The Kier molecular flexibility index (Phi) is 4.65. The molecule has 0 saturated carbocycles. The fourth-order valence-corrected chi connectivity index (χ4v) is 4.36. The van der Waals surface area contributed by atoms with E-state index in [0.717, 1.165) is 36.1 Å². The van der Waals surface area contributed by atoms with E-state index in [1.807, 2.05) is 0 Å². The third-order valence-corrected chi connectivity index (χ3v) is 5.70. The van der Waals surface area contributed by atoms with Gasteiger partial charge in [-0.1, -0.05) is 26.7 Å². The average molecular weight is 324 g/mol. The minimum absolute atomic E-state index is 0.373. The Balaban J connectivity index is 1.88. The van der Waals surface area contributed by atoms with Gasteiger partial charge in [0, 0.05) is 18.0 Å². The lowest BCUT2D eigenvalue weighted by molar-refractivity contribution is 0.377. The van der Waals surface area contributed by atoms with Gasteiger partial charge in [-0.25, -0.2) is 4.98 Å². The molecular formula is C16H22ClN3S. The van der Waals surface area contributed by atoms with Gasteiger partial charge in [0.2, 0.25) is 5.28 Å². The first kappa shape index (κ1) is 15.0. The van der Waals surface area contributed by atoms with Crippen molar-refractivity contribution in [3.8, 4) is 0 Å². The highest BCUT2D eigenvalue weighted by molar-refractivity contribution is 7.18. The Labute approximate surface area is 135 Å². The molecule has 0 aromatic carbocycles. The zero-order valence-corrected chi connectivity index (χ0v) is 14.3. The van der Waals surface area contributed by atoms with Crippen LogP contribution >= 0.6 is 22.9 Å². The van der Waals surface area contributed by atoms with E-state index in [1.165, 1.54) is 35.9 Å². The van der Waals surface area contributed by atoms with E-state index in [2.05, 4.69) is 34.8 Å². The molecule has 0 aliphatic carbocycles. The molecule has 21 heavy (non-hydrogen) atoms. The van der Waals surface area contributed by atoms with Crippen LogP contribution < -0.4 is 4.90 Å². The van der Waals surface area contributed by atoms with Gasteiger partial charge in [0.05, 0.1) is 5.39 Å². The smallest absolute Gasteiger partial charge is 0.225 e. The molecule has 0 radical (unpaired) electrons. The maximum Gasteiger partial charge on any atom is 0.225 e. The van der Waals surface area contributed by atoms with Crippen LogP contribution in [0.15, 0.2) is 6.07 Å². The predicted octanol–water partition coefficient (Wildman–Crippen LogP) is 4.92. The molecule has 0 spiro atoms. The summed E-state index contributed by atoms with van der Waals surface area (Å²) in [6, 6.07) is 2.24. The summed E-state index contributed by atoms with van der Waals surface area (Å²) in [6.07, 6.45) is 6.21. The van der Waals surface area contributed by atoms with Crippen LogP contribution in [0.4, 0.5) is 5.82 Å². The molecule has 1 aliphatic heterocycles. The van der Waals surface area contributed by atoms with Crippen LogP contribution in [-0.4, -0.2) is 23.1 Å². The molecule has 0 N–H and O–H groups in total. The number of rotatable bonds is 4. The monoisotopic (exact) mass is 323 g/mol. The molecule has 0 amide bonds. The lowest BCUT2D eigenvalue weighted by Gasteiger charge is -2.33. The second kappa shape index (κ2) is 6.49. The molecule has 3 nitrogen and oxygen atoms in total. The minimum Gasteiger partial charge on any atom is -0.356 e. The van der Waals surface area contributed by atoms with E-state index in [9.17, 15) is 0 Å². The van der Waals surface area contributed by atoms with Crippen LogP contribution in [0.25, 0.3) is 10.2 Å². The minimum atomic E-state index is 0.373. The SMILES string of the molecule is CCCC1CCN(c2nc(Cl)nc3sc(CC)cc23)CC1. The van der Waals surface area contributed by atoms with Crippen molar-refractivity contribution in [1.29, 1.82) is 0 Å². The Morgan fingerprint density at radius 3 is 2.71 bits per heavy atom. The van der Waals surface area contributed by atoms with Crippen LogP contribution in [0.1, 0.15) is 44.4 Å². The molecule has 3 rings (SSSR count). The van der Waals surface area contributed by atoms with Crippen LogP contribution in [-0.2, 0) is 6.42 Å². The molecule has 5 heteroatoms. The van der Waals surface area contributed by atoms with Gasteiger partial charge in [0.1, 0.15) is 10.6 Å². The van der Waals surface area contributed by atoms with Crippen molar-refractivity contribution in [2.45, 2.75) is 46.0 Å². The summed E-state index contributed by atoms with van der Waals surface area (Å²) in [5.41, 5.74) is 0. The summed E-state index contributed by atoms with van der Waals surface area (Å²) < 4.78 is 0. The molecule has 0 unspecified atom stereocenters. The fraction of sp³-hybridized carbons (Fsp3) is 0.625. The molecule has 1 fully saturated rings. The third kappa shape index (κ3) is 3.16. The van der Waals surface area contributed by atoms with E-state index >= 15 is 0 Å². The number of nitrogens with zero attached hydrogens (tertiary/aromatic N) is 3. The van der Waals surface area contributed by atoms with Gasteiger partial charge in [-0.3, -0.25) is 0 Å². The topological polar surface area (TPSA) is 29.0 Å². The highest BCUT2D eigenvalue weighted by Gasteiger charge is 2.22. The van der Waals surface area contributed by atoms with Crippen molar-refractivity contribution in [2.24, 2.45) is 5.92 Å². The van der Waals surface area contributed by atoms with E-state index in [1.54, 1.807) is 11.3 Å². The number of halogens is 1. The molecule has 1 saturated heterocycles. The molecule has 2 aromatic rings. The summed E-state index contributed by atoms with van der Waals surface area (Å²) in [4.78, 5) is 13.7. The Morgan fingerprint density at radius 1 is 1.29 bits per heavy atom. The van der Waals surface area contributed by atoms with Crippen molar-refractivity contribution in [1.82, 2.24) is 9.97 Å². The fourth-order valence-electron chi connectivity index (χ4n) is 3.19. The van der Waals surface area contributed by atoms with Gasteiger partial charge < -0.3 is 4.90 Å². The van der Waals surface area contributed by atoms with Gasteiger partial charge >= 0.3 is 0 Å². The van der Waals surface area contributed by atoms with Crippen molar-refractivity contribution in [3.63, 3.8) is 0 Å². The van der Waals surface area contributed by atoms with E-state index < -0.39 is 0 Å². The lowest BCUT2D eigenvalue weighted by Crippen LogP contribution is -2.34. The number of thiophene rings is 1. The summed E-state index contributed by atoms with van der Waals surface area (Å²) in [5, 5.41) is 1.55. The maximum absolute atomic E-state index is 6.13. The molecule has 1 aliphatic rings. The van der Waals surface area contributed by atoms with Crippen LogP contribution in [0, 0.1) is 5.92 Å². The molecule has 0 atom stereocenters. The number of anilines is 1. The number of hydrogen-bond acceptors (Lipinski definition) is 4. The Bertz CT molecular complexity index is 617. The van der Waals surface area contributed by atoms with Crippen molar-refractivity contribution < 1.29 is 0 Å². The van der Waals surface area contributed by atoms with Crippen molar-refractivity contribution in [2.75, 3.05) is 18.0 Å². The number of aromatic nitrogens is 2. The first-order valence-electron chi connectivity index (χ1n) is 7.92. The highest BCUT2D eigenvalue weighted by Crippen LogP contribution is 2.34. The molecular weight excluding hydrogens is 302 g/mol. The summed E-state index contributed by atoms with van der Waals surface area (Å²) in [6.45, 7) is 6.63. The second-order valence-corrected chi connectivity index (χ2v) is 7.27. The largest absolute Gasteiger partial charge is 0.356 e. The van der Waals surface area contributed by atoms with Gasteiger partial charge in [0.25, 0.3) is 0 Å². The van der Waals surface area contributed by atoms with Crippen molar-refractivity contribution >= 4 is 39.0 Å². The second-order valence-electron chi connectivity index (χ2n) is 5.82. The van der Waals surface area contributed by atoms with E-state index in [4.69, 9.17) is 11.6 Å². The number of hydrogen-bond donors (Lipinski definition) is 0. The van der Waals surface area contributed by atoms with Crippen molar-refractivity contribution in [3.05, 3.63) is 16.2 Å². The Hall–Kier alpha value is -0.870. The normalized spacial score (nSPS) is 16.8. The van der Waals surface area contributed by atoms with Gasteiger partial charge in [-0.2, -0.15) is 4.98 Å². The first-order valence-corrected chi connectivity index (χ1v) is 9.11. The standard InChI is InChI=1S/C16H22ClN3S/c1-3-5-11-6-8-20(9-7-11)14-13-10-12(4-2)21-15(13)19-16(17)18-14/h10-11H,3-9H2,1-2H3. The maximum atomic E-state index is 6.13. The van der Waals surface area contributed by atoms with Crippen LogP contribution in [0.2, 0.25) is 5.28 Å². The number of aryl methyl sites for hydroxylation is 1. The molecule has 2 aromatic heterocycles. The molecule has 3 heterocycles. The van der Waals surface area contributed by atoms with E-state index in [0.29, 0.717) is 5.28 Å². The zero-order valence-electron chi connectivity index (χ0n) is 12.7. The van der Waals surface area contributed by atoms with E-state index in [-0.39, 0.29) is 0 Å². The number of fused-ring (bicyclic) bond motifs is 1. The van der Waals surface area contributed by atoms with Gasteiger partial charge in [0.15, 0.2) is 0 Å². The third-order valence-electron chi connectivity index (χ3n) is 4.36. The lowest BCUT2D eigenvalue weighted by atomic mass is 9.92. The van der Waals surface area contributed by atoms with Crippen LogP contribution in [0.5, 0.6) is 0 Å². The number of piperidine rings is 1. The average Bonchev–Trinajstić information content (AvgIpc) is 2.90. The summed E-state index contributed by atoms with van der Waals surface area (Å²) in [5.74, 6) is 1.92. The quantitative estimate of drug-likeness (QED) is 0.747. The summed E-state index contributed by atoms with van der Waals surface area (Å²) >= 11 is 7.87. The highest BCUT2D eigenvalue weighted by atomic mass is 35.5. The predicted molar refractivity (Wildman–Crippen MR) is 91.6 cm³/mol. The summed E-state index contributed by atoms with van der Waals surface area (Å²) in [7, 11) is 0. The van der Waals surface area contributed by atoms with Crippen LogP contribution in [0.3, 0.4) is 0 Å².